The minimum Gasteiger partial charge on any atom is -0.454 e. The van der Waals surface area contributed by atoms with Crippen LogP contribution in [0.15, 0.2) is 104 Å². The molecule has 0 aliphatic heterocycles. The summed E-state index contributed by atoms with van der Waals surface area (Å²) in [4.78, 5) is 53.4. The second-order valence-electron chi connectivity index (χ2n) is 12.8. The first kappa shape index (κ1) is 39.5. The third kappa shape index (κ3) is 10.6. The van der Waals surface area contributed by atoms with Gasteiger partial charge in [0.15, 0.2) is 0 Å². The van der Waals surface area contributed by atoms with Gasteiger partial charge >= 0.3 is 12.1 Å². The van der Waals surface area contributed by atoms with Gasteiger partial charge in [0, 0.05) is 25.5 Å². The van der Waals surface area contributed by atoms with E-state index >= 15 is 0 Å². The van der Waals surface area contributed by atoms with Gasteiger partial charge in [-0.25, -0.2) is 9.59 Å². The molecule has 0 saturated heterocycles. The number of hydrogen-bond acceptors (Lipinski definition) is 8. The predicted molar refractivity (Wildman–Crippen MR) is 198 cm³/mol. The molecule has 0 spiro atoms. The maximum atomic E-state index is 13.9. The molecule has 5 atom stereocenters. The van der Waals surface area contributed by atoms with E-state index in [1.54, 1.807) is 43.3 Å². The summed E-state index contributed by atoms with van der Waals surface area (Å²) in [5.41, 5.74) is 4.90. The van der Waals surface area contributed by atoms with Gasteiger partial charge < -0.3 is 35.3 Å². The average molecular weight is 712 g/mol. The first-order valence-corrected chi connectivity index (χ1v) is 17.5. The maximum Gasteiger partial charge on any atom is 0.407 e. The fourth-order valence-electron chi connectivity index (χ4n) is 6.32. The van der Waals surface area contributed by atoms with Gasteiger partial charge in [-0.05, 0) is 54.0 Å². The molecule has 11 heteroatoms. The molecule has 3 aromatic rings. The number of benzene rings is 3. The van der Waals surface area contributed by atoms with Gasteiger partial charge in [-0.3, -0.25) is 9.59 Å². The SMILES string of the molecule is C=CCC[C@H](NC(=O)OCC1c2ccccc2-c2ccccc21)C(=O)O[C@@H](c1ccccc1)[C@H](COC)NC(=O)[C@@H](CC=C)CC(=O)N[C@H](C)CO. The summed E-state index contributed by atoms with van der Waals surface area (Å²) in [7, 11) is 1.46. The van der Waals surface area contributed by atoms with E-state index in [0.29, 0.717) is 12.0 Å². The van der Waals surface area contributed by atoms with Crippen molar-refractivity contribution in [2.24, 2.45) is 5.92 Å². The summed E-state index contributed by atoms with van der Waals surface area (Å²) < 4.78 is 17.3. The highest BCUT2D eigenvalue weighted by Crippen LogP contribution is 2.44. The van der Waals surface area contributed by atoms with E-state index < -0.39 is 54.0 Å². The molecule has 11 nitrogen and oxygen atoms in total. The lowest BCUT2D eigenvalue weighted by atomic mass is 9.97. The van der Waals surface area contributed by atoms with Crippen LogP contribution >= 0.6 is 0 Å². The fourth-order valence-corrected chi connectivity index (χ4v) is 6.32. The van der Waals surface area contributed by atoms with Crippen LogP contribution in [0.25, 0.3) is 11.1 Å². The number of aliphatic hydroxyl groups is 1. The van der Waals surface area contributed by atoms with Crippen molar-refractivity contribution in [3.8, 4) is 11.1 Å². The number of nitrogens with one attached hydrogen (secondary N) is 3. The van der Waals surface area contributed by atoms with Crippen LogP contribution < -0.4 is 16.0 Å². The van der Waals surface area contributed by atoms with Crippen LogP contribution in [-0.4, -0.2) is 74.0 Å². The predicted octanol–water partition coefficient (Wildman–Crippen LogP) is 5.36. The van der Waals surface area contributed by atoms with Gasteiger partial charge in [0.05, 0.1) is 25.2 Å². The highest BCUT2D eigenvalue weighted by Gasteiger charge is 2.35. The van der Waals surface area contributed by atoms with Crippen LogP contribution in [0.4, 0.5) is 4.79 Å². The Morgan fingerprint density at radius 1 is 0.865 bits per heavy atom. The molecule has 0 fully saturated rings. The van der Waals surface area contributed by atoms with Crippen LogP contribution in [0.5, 0.6) is 0 Å². The molecule has 4 N–H and O–H groups in total. The molecule has 0 saturated carbocycles. The minimum atomic E-state index is -1.09. The van der Waals surface area contributed by atoms with E-state index in [9.17, 15) is 24.3 Å². The highest BCUT2D eigenvalue weighted by molar-refractivity contribution is 5.86. The van der Waals surface area contributed by atoms with Gasteiger partial charge in [0.1, 0.15) is 18.8 Å². The number of aliphatic hydroxyl groups excluding tert-OH is 1. The number of alkyl carbamates (subject to hydrolysis) is 1. The Labute approximate surface area is 305 Å². The number of carbonyl (C=O) groups excluding carboxylic acids is 4. The van der Waals surface area contributed by atoms with Crippen molar-refractivity contribution in [1.29, 1.82) is 0 Å². The third-order valence-corrected chi connectivity index (χ3v) is 8.93. The van der Waals surface area contributed by atoms with Gasteiger partial charge in [0.25, 0.3) is 0 Å². The average Bonchev–Trinajstić information content (AvgIpc) is 3.47. The Morgan fingerprint density at radius 3 is 2.10 bits per heavy atom. The van der Waals surface area contributed by atoms with Gasteiger partial charge in [-0.15, -0.1) is 13.2 Å². The number of amides is 3. The van der Waals surface area contributed by atoms with Gasteiger partial charge in [-0.2, -0.15) is 0 Å². The van der Waals surface area contributed by atoms with Crippen molar-refractivity contribution in [2.75, 3.05) is 26.9 Å². The van der Waals surface area contributed by atoms with Gasteiger partial charge in [0.2, 0.25) is 11.8 Å². The zero-order valence-electron chi connectivity index (χ0n) is 29.8. The largest absolute Gasteiger partial charge is 0.454 e. The summed E-state index contributed by atoms with van der Waals surface area (Å²) in [5.74, 6) is -2.55. The molecule has 0 unspecified atom stereocenters. The summed E-state index contributed by atoms with van der Waals surface area (Å²) >= 11 is 0. The summed E-state index contributed by atoms with van der Waals surface area (Å²) in [5, 5.41) is 17.6. The van der Waals surface area contributed by atoms with E-state index in [1.807, 2.05) is 54.6 Å². The molecule has 276 valence electrons. The van der Waals surface area contributed by atoms with E-state index in [4.69, 9.17) is 14.2 Å². The number of fused-ring (bicyclic) bond motifs is 3. The number of carbonyl (C=O) groups is 4. The molecular formula is C41H49N3O8. The number of allylic oxidation sites excluding steroid dienone is 2. The maximum absolute atomic E-state index is 13.9. The Bertz CT molecular complexity index is 1630. The van der Waals surface area contributed by atoms with Crippen molar-refractivity contribution in [3.63, 3.8) is 0 Å². The molecule has 3 aromatic carbocycles. The molecule has 52 heavy (non-hydrogen) atoms. The normalized spacial score (nSPS) is 14.7. The van der Waals surface area contributed by atoms with Gasteiger partial charge in [-0.1, -0.05) is 91.0 Å². The lowest BCUT2D eigenvalue weighted by Crippen LogP contribution is -2.49. The first-order chi connectivity index (χ1) is 25.2. The molecule has 1 aliphatic carbocycles. The van der Waals surface area contributed by atoms with Crippen LogP contribution in [0, 0.1) is 5.92 Å². The fraction of sp³-hybridized carbons (Fsp3) is 0.366. The molecule has 0 bridgehead atoms. The third-order valence-electron chi connectivity index (χ3n) is 8.93. The molecular weight excluding hydrogens is 662 g/mol. The Balaban J connectivity index is 1.50. The Morgan fingerprint density at radius 2 is 1.50 bits per heavy atom. The smallest absolute Gasteiger partial charge is 0.407 e. The van der Waals surface area contributed by atoms with Crippen LogP contribution in [-0.2, 0) is 28.6 Å². The number of methoxy groups -OCH3 is 1. The van der Waals surface area contributed by atoms with Crippen molar-refractivity contribution in [1.82, 2.24) is 16.0 Å². The zero-order valence-corrected chi connectivity index (χ0v) is 29.8. The van der Waals surface area contributed by atoms with Crippen LogP contribution in [0.2, 0.25) is 0 Å². The molecule has 4 rings (SSSR count). The van der Waals surface area contributed by atoms with Crippen molar-refractivity contribution in [2.45, 2.75) is 62.8 Å². The molecule has 1 aliphatic rings. The van der Waals surface area contributed by atoms with E-state index in [-0.39, 0.29) is 45.0 Å². The lowest BCUT2D eigenvalue weighted by Gasteiger charge is -2.30. The van der Waals surface area contributed by atoms with E-state index in [2.05, 4.69) is 29.1 Å². The first-order valence-electron chi connectivity index (χ1n) is 17.5. The molecule has 0 aromatic heterocycles. The topological polar surface area (TPSA) is 152 Å². The van der Waals surface area contributed by atoms with Crippen LogP contribution in [0.1, 0.15) is 61.3 Å². The van der Waals surface area contributed by atoms with Crippen molar-refractivity contribution < 1.29 is 38.5 Å². The summed E-state index contributed by atoms with van der Waals surface area (Å²) in [6, 6.07) is 22.5. The Hall–Kier alpha value is -5.26. The van der Waals surface area contributed by atoms with E-state index in [0.717, 1.165) is 22.3 Å². The molecule has 3 amide bonds. The number of hydrogen-bond donors (Lipinski definition) is 4. The zero-order chi connectivity index (χ0) is 37.5. The Kier molecular flexibility index (Phi) is 15.2. The van der Waals surface area contributed by atoms with Crippen molar-refractivity contribution in [3.05, 3.63) is 121 Å². The quantitative estimate of drug-likeness (QED) is 0.0904. The second-order valence-corrected chi connectivity index (χ2v) is 12.8. The number of ether oxygens (including phenoxy) is 3. The molecule has 0 radical (unpaired) electrons. The minimum absolute atomic E-state index is 0.0374. The monoisotopic (exact) mass is 711 g/mol. The lowest BCUT2D eigenvalue weighted by molar-refractivity contribution is -0.155. The number of rotatable bonds is 20. The summed E-state index contributed by atoms with van der Waals surface area (Å²) in [6.07, 6.45) is 2.04. The van der Waals surface area contributed by atoms with Crippen molar-refractivity contribution >= 4 is 23.9 Å². The standard InChI is InChI=1S/C41H49N3O8/c1-5-7-22-35(44-41(49)51-25-34-32-20-13-11-18-30(32)31-19-12-14-21-33(31)34)40(48)52-38(28-16-9-8-10-17-28)36(26-50-4)43-39(47)29(15-6-2)23-37(46)42-27(3)24-45/h5-6,8-14,16-21,27,29,34-36,38,45H,1-2,7,15,22-26H2,3-4H3,(H,42,46)(H,43,47)(H,44,49)/t27-,29+,35+,36+,38+/m1/s1. The number of esters is 1. The molecule has 0 heterocycles. The highest BCUT2D eigenvalue weighted by atomic mass is 16.6. The van der Waals surface area contributed by atoms with E-state index in [1.165, 1.54) is 7.11 Å². The second kappa shape index (κ2) is 20.0. The van der Waals surface area contributed by atoms with Crippen LogP contribution in [0.3, 0.4) is 0 Å². The summed E-state index contributed by atoms with van der Waals surface area (Å²) in [6.45, 7) is 8.93.